The Bertz CT molecular complexity index is 797. The number of imide groups is 1. The van der Waals surface area contributed by atoms with E-state index in [1.165, 1.54) is 4.90 Å². The van der Waals surface area contributed by atoms with Crippen LogP contribution in [0.2, 0.25) is 0 Å². The van der Waals surface area contributed by atoms with Crippen LogP contribution in [-0.2, 0) is 21.6 Å². The monoisotopic (exact) mass is 307 g/mol. The number of aliphatic hydroxyl groups is 1. The van der Waals surface area contributed by atoms with Gasteiger partial charge in [0.1, 0.15) is 0 Å². The molecule has 116 valence electrons. The summed E-state index contributed by atoms with van der Waals surface area (Å²) in [7, 11) is 0. The number of amides is 2. The molecule has 0 radical (unpaired) electrons. The first-order valence-corrected chi connectivity index (χ1v) is 7.75. The van der Waals surface area contributed by atoms with Gasteiger partial charge in [0, 0.05) is 0 Å². The van der Waals surface area contributed by atoms with Crippen LogP contribution in [0.4, 0.5) is 5.69 Å². The molecular weight excluding hydrogens is 290 g/mol. The maximum Gasteiger partial charge on any atom is 0.240 e. The number of para-hydroxylation sites is 1. The van der Waals surface area contributed by atoms with E-state index < -0.39 is 17.4 Å². The van der Waals surface area contributed by atoms with Gasteiger partial charge in [0.2, 0.25) is 11.8 Å². The zero-order chi connectivity index (χ0) is 16.2. The summed E-state index contributed by atoms with van der Waals surface area (Å²) in [5.41, 5.74) is 0.916. The van der Waals surface area contributed by atoms with Crippen molar-refractivity contribution < 1.29 is 14.7 Å². The number of carbonyl (C=O) groups excluding carboxylic acids is 2. The van der Waals surface area contributed by atoms with Gasteiger partial charge in [-0.05, 0) is 36.6 Å². The first-order valence-electron chi connectivity index (χ1n) is 7.75. The first-order chi connectivity index (χ1) is 11.0. The van der Waals surface area contributed by atoms with E-state index >= 15 is 0 Å². The maximum atomic E-state index is 12.9. The smallest absolute Gasteiger partial charge is 0.240 e. The SMILES string of the molecule is C[C@@]1(O)c2ccccc2C[C@@H]2C(=O)N(c3ccccc3)C(=O)[C@@H]21. The summed E-state index contributed by atoms with van der Waals surface area (Å²) < 4.78 is 0. The van der Waals surface area contributed by atoms with Gasteiger partial charge in [-0.25, -0.2) is 4.90 Å². The van der Waals surface area contributed by atoms with Crippen LogP contribution in [0.1, 0.15) is 18.1 Å². The molecule has 1 saturated heterocycles. The Morgan fingerprint density at radius 1 is 1.00 bits per heavy atom. The average Bonchev–Trinajstić information content (AvgIpc) is 2.80. The number of nitrogens with zero attached hydrogens (tertiary/aromatic N) is 1. The average molecular weight is 307 g/mol. The quantitative estimate of drug-likeness (QED) is 0.822. The second-order valence-corrected chi connectivity index (χ2v) is 6.44. The summed E-state index contributed by atoms with van der Waals surface area (Å²) in [6.07, 6.45) is 0.491. The van der Waals surface area contributed by atoms with Gasteiger partial charge in [0.25, 0.3) is 0 Å². The molecule has 0 bridgehead atoms. The Balaban J connectivity index is 1.83. The summed E-state index contributed by atoms with van der Waals surface area (Å²) in [6.45, 7) is 1.64. The van der Waals surface area contributed by atoms with Crippen LogP contribution in [0, 0.1) is 11.8 Å². The van der Waals surface area contributed by atoms with Gasteiger partial charge in [-0.2, -0.15) is 0 Å². The molecule has 2 aliphatic rings. The number of benzene rings is 2. The molecule has 4 heteroatoms. The summed E-state index contributed by atoms with van der Waals surface area (Å²) in [5, 5.41) is 11.0. The number of fused-ring (bicyclic) bond motifs is 2. The van der Waals surface area contributed by atoms with Crippen LogP contribution in [0.25, 0.3) is 0 Å². The summed E-state index contributed by atoms with van der Waals surface area (Å²) in [4.78, 5) is 27.0. The summed E-state index contributed by atoms with van der Waals surface area (Å²) >= 11 is 0. The van der Waals surface area contributed by atoms with Crippen molar-refractivity contribution in [2.24, 2.45) is 11.8 Å². The van der Waals surface area contributed by atoms with E-state index in [1.807, 2.05) is 30.3 Å². The highest BCUT2D eigenvalue weighted by Gasteiger charge is 2.58. The Hall–Kier alpha value is -2.46. The van der Waals surface area contributed by atoms with E-state index in [0.717, 1.165) is 11.1 Å². The van der Waals surface area contributed by atoms with Gasteiger partial charge in [-0.1, -0.05) is 42.5 Å². The highest BCUT2D eigenvalue weighted by atomic mass is 16.3. The Morgan fingerprint density at radius 2 is 1.65 bits per heavy atom. The lowest BCUT2D eigenvalue weighted by Gasteiger charge is -2.37. The van der Waals surface area contributed by atoms with E-state index in [9.17, 15) is 14.7 Å². The Kier molecular flexibility index (Phi) is 2.93. The normalized spacial score (nSPS) is 29.4. The minimum Gasteiger partial charge on any atom is -0.385 e. The van der Waals surface area contributed by atoms with Crippen molar-refractivity contribution in [3.05, 3.63) is 65.7 Å². The molecule has 4 nitrogen and oxygen atoms in total. The molecule has 1 fully saturated rings. The Morgan fingerprint density at radius 3 is 2.39 bits per heavy atom. The predicted molar refractivity (Wildman–Crippen MR) is 85.6 cm³/mol. The van der Waals surface area contributed by atoms with Crippen LogP contribution >= 0.6 is 0 Å². The van der Waals surface area contributed by atoms with Crippen LogP contribution in [0.15, 0.2) is 54.6 Å². The lowest BCUT2D eigenvalue weighted by Crippen LogP contribution is -2.44. The molecule has 2 aromatic rings. The van der Waals surface area contributed by atoms with E-state index in [2.05, 4.69) is 0 Å². The van der Waals surface area contributed by atoms with Crippen molar-refractivity contribution in [1.29, 1.82) is 0 Å². The first kappa shape index (κ1) is 14.2. The number of hydrogen-bond acceptors (Lipinski definition) is 3. The van der Waals surface area contributed by atoms with Crippen molar-refractivity contribution in [1.82, 2.24) is 0 Å². The number of rotatable bonds is 1. The fourth-order valence-electron chi connectivity index (χ4n) is 3.99. The van der Waals surface area contributed by atoms with Crippen molar-refractivity contribution in [3.63, 3.8) is 0 Å². The molecule has 0 aromatic heterocycles. The van der Waals surface area contributed by atoms with E-state index in [1.54, 1.807) is 31.2 Å². The second-order valence-electron chi connectivity index (χ2n) is 6.44. The van der Waals surface area contributed by atoms with E-state index in [0.29, 0.717) is 12.1 Å². The molecule has 1 aliphatic heterocycles. The lowest BCUT2D eigenvalue weighted by molar-refractivity contribution is -0.132. The molecule has 3 atom stereocenters. The predicted octanol–water partition coefficient (Wildman–Crippen LogP) is 2.26. The molecule has 0 unspecified atom stereocenters. The number of anilines is 1. The van der Waals surface area contributed by atoms with Crippen LogP contribution in [-0.4, -0.2) is 16.9 Å². The minimum absolute atomic E-state index is 0.221. The molecular formula is C19H17NO3. The lowest BCUT2D eigenvalue weighted by atomic mass is 9.68. The fourth-order valence-corrected chi connectivity index (χ4v) is 3.99. The third-order valence-electron chi connectivity index (χ3n) is 5.05. The van der Waals surface area contributed by atoms with Gasteiger partial charge in [-0.3, -0.25) is 9.59 Å². The van der Waals surface area contributed by atoms with Crippen molar-refractivity contribution >= 4 is 17.5 Å². The fraction of sp³-hybridized carbons (Fsp3) is 0.263. The van der Waals surface area contributed by atoms with E-state index in [4.69, 9.17) is 0 Å². The van der Waals surface area contributed by atoms with Gasteiger partial charge >= 0.3 is 0 Å². The molecule has 4 rings (SSSR count). The molecule has 1 N–H and O–H groups in total. The van der Waals surface area contributed by atoms with Gasteiger partial charge in [-0.15, -0.1) is 0 Å². The second kappa shape index (κ2) is 4.77. The van der Waals surface area contributed by atoms with Crippen molar-refractivity contribution in [2.75, 3.05) is 4.90 Å². The molecule has 2 amide bonds. The number of hydrogen-bond donors (Lipinski definition) is 1. The highest BCUT2D eigenvalue weighted by Crippen LogP contribution is 2.48. The van der Waals surface area contributed by atoms with E-state index in [-0.39, 0.29) is 11.8 Å². The van der Waals surface area contributed by atoms with Gasteiger partial charge in [0.05, 0.1) is 23.1 Å². The highest BCUT2D eigenvalue weighted by molar-refractivity contribution is 6.22. The zero-order valence-electron chi connectivity index (χ0n) is 12.8. The maximum absolute atomic E-state index is 12.9. The van der Waals surface area contributed by atoms with Crippen LogP contribution < -0.4 is 4.90 Å². The third kappa shape index (κ3) is 1.88. The molecule has 2 aromatic carbocycles. The van der Waals surface area contributed by atoms with Crippen LogP contribution in [0.5, 0.6) is 0 Å². The third-order valence-corrected chi connectivity index (χ3v) is 5.05. The minimum atomic E-state index is -1.34. The zero-order valence-corrected chi connectivity index (χ0v) is 12.8. The summed E-state index contributed by atoms with van der Waals surface area (Å²) in [5.74, 6) is -1.77. The summed E-state index contributed by atoms with van der Waals surface area (Å²) in [6, 6.07) is 16.4. The Labute approximate surface area is 134 Å². The number of carbonyl (C=O) groups is 2. The molecule has 0 saturated carbocycles. The molecule has 23 heavy (non-hydrogen) atoms. The standard InChI is InChI=1S/C19H17NO3/c1-19(23)15-10-6-5-7-12(15)11-14-16(19)18(22)20(17(14)21)13-8-3-2-4-9-13/h2-10,14,16,23H,11H2,1H3/t14-,16+,19+/m0/s1. The van der Waals surface area contributed by atoms with Gasteiger partial charge in [0.15, 0.2) is 0 Å². The van der Waals surface area contributed by atoms with Crippen molar-refractivity contribution in [2.45, 2.75) is 18.9 Å². The largest absolute Gasteiger partial charge is 0.385 e. The molecule has 0 spiro atoms. The molecule has 1 heterocycles. The van der Waals surface area contributed by atoms with Crippen LogP contribution in [0.3, 0.4) is 0 Å². The molecule has 1 aliphatic carbocycles. The van der Waals surface area contributed by atoms with Gasteiger partial charge < -0.3 is 5.11 Å². The van der Waals surface area contributed by atoms with Crippen molar-refractivity contribution in [3.8, 4) is 0 Å². The topological polar surface area (TPSA) is 57.6 Å².